The first-order valence-corrected chi connectivity index (χ1v) is 4.77. The van der Waals surface area contributed by atoms with Crippen molar-refractivity contribution in [3.63, 3.8) is 0 Å². The van der Waals surface area contributed by atoms with Crippen LogP contribution in [0.2, 0.25) is 0 Å². The summed E-state index contributed by atoms with van der Waals surface area (Å²) in [6, 6.07) is 0. The van der Waals surface area contributed by atoms with Crippen LogP contribution in [-0.2, 0) is 0 Å². The van der Waals surface area contributed by atoms with E-state index in [9.17, 15) is 0 Å². The van der Waals surface area contributed by atoms with E-state index in [2.05, 4.69) is 25.2 Å². The van der Waals surface area contributed by atoms with Crippen molar-refractivity contribution >= 4 is 0 Å². The molecule has 0 aromatic carbocycles. The molecule has 0 aliphatic rings. The maximum atomic E-state index is 5.17. The summed E-state index contributed by atoms with van der Waals surface area (Å²) in [5.41, 5.74) is 0. The van der Waals surface area contributed by atoms with E-state index in [1.54, 1.807) is 6.08 Å². The summed E-state index contributed by atoms with van der Waals surface area (Å²) in [4.78, 5) is 0. The third-order valence-corrected chi connectivity index (χ3v) is 1.66. The molecule has 0 N–H and O–H groups in total. The zero-order chi connectivity index (χ0) is 9.07. The van der Waals surface area contributed by atoms with Crippen LogP contribution in [0, 0.1) is 6.58 Å². The molecule has 0 amide bonds. The van der Waals surface area contributed by atoms with E-state index in [0.717, 1.165) is 6.42 Å². The fourth-order valence-corrected chi connectivity index (χ4v) is 0.962. The molecule has 0 nitrogen and oxygen atoms in total. The first-order chi connectivity index (χ1) is 5.91. The van der Waals surface area contributed by atoms with Crippen LogP contribution in [-0.4, -0.2) is 0 Å². The van der Waals surface area contributed by atoms with Crippen molar-refractivity contribution in [1.82, 2.24) is 0 Å². The van der Waals surface area contributed by atoms with Gasteiger partial charge in [-0.05, 0) is 19.3 Å². The lowest BCUT2D eigenvalue weighted by Gasteiger charge is -1.90. The lowest BCUT2D eigenvalue weighted by Crippen LogP contribution is -1.70. The van der Waals surface area contributed by atoms with Crippen molar-refractivity contribution in [1.29, 1.82) is 0 Å². The molecule has 0 aromatic rings. The largest absolute Gasteiger partial charge is 0.0882 e. The summed E-state index contributed by atoms with van der Waals surface area (Å²) in [7, 11) is 0. The Hall–Kier alpha value is -0.780. The van der Waals surface area contributed by atoms with Crippen LogP contribution in [0.25, 0.3) is 0 Å². The Labute approximate surface area is 76.7 Å². The van der Waals surface area contributed by atoms with Crippen molar-refractivity contribution in [2.45, 2.75) is 39.0 Å². The van der Waals surface area contributed by atoms with Crippen LogP contribution in [0.4, 0.5) is 0 Å². The van der Waals surface area contributed by atoms with E-state index >= 15 is 0 Å². The third kappa shape index (κ3) is 9.22. The molecule has 0 aromatic heterocycles. The Bertz CT molecular complexity index is 140. The average Bonchev–Trinajstić information content (AvgIpc) is 2.10. The van der Waals surface area contributed by atoms with E-state index < -0.39 is 0 Å². The van der Waals surface area contributed by atoms with Crippen LogP contribution in [0.3, 0.4) is 0 Å². The summed E-state index contributed by atoms with van der Waals surface area (Å²) < 4.78 is 0. The van der Waals surface area contributed by atoms with Gasteiger partial charge in [0.15, 0.2) is 0 Å². The summed E-state index contributed by atoms with van der Waals surface area (Å²) in [5.74, 6) is 0. The quantitative estimate of drug-likeness (QED) is 0.301. The first kappa shape index (κ1) is 11.2. The first-order valence-electron chi connectivity index (χ1n) is 4.77. The van der Waals surface area contributed by atoms with Crippen LogP contribution < -0.4 is 0 Å². The Morgan fingerprint density at radius 2 is 1.92 bits per heavy atom. The van der Waals surface area contributed by atoms with Crippen LogP contribution in [0.5, 0.6) is 0 Å². The van der Waals surface area contributed by atoms with E-state index in [-0.39, 0.29) is 0 Å². The van der Waals surface area contributed by atoms with Gasteiger partial charge < -0.3 is 0 Å². The van der Waals surface area contributed by atoms with Gasteiger partial charge in [0.25, 0.3) is 0 Å². The highest BCUT2D eigenvalue weighted by Gasteiger charge is 1.80. The van der Waals surface area contributed by atoms with Gasteiger partial charge in [0, 0.05) is 0 Å². The SMILES string of the molecule is [CH]=C/C=C/C/C=C/CCCCC. The minimum absolute atomic E-state index is 1.000. The second-order valence-electron chi connectivity index (χ2n) is 2.82. The van der Waals surface area contributed by atoms with Crippen molar-refractivity contribution in [3.8, 4) is 0 Å². The topological polar surface area (TPSA) is 0 Å². The molecule has 0 heteroatoms. The Kier molecular flexibility index (Phi) is 9.56. The molecule has 0 aliphatic heterocycles. The molecule has 0 saturated heterocycles. The fraction of sp³-hybridized carbons (Fsp3) is 0.500. The Morgan fingerprint density at radius 3 is 2.58 bits per heavy atom. The van der Waals surface area contributed by atoms with Gasteiger partial charge in [-0.3, -0.25) is 0 Å². The van der Waals surface area contributed by atoms with Crippen LogP contribution >= 0.6 is 0 Å². The van der Waals surface area contributed by atoms with Crippen molar-refractivity contribution < 1.29 is 0 Å². The number of unbranched alkanes of at least 4 members (excludes halogenated alkanes) is 3. The molecule has 0 saturated carbocycles. The smallest absolute Gasteiger partial charge is 0.0166 e. The molecule has 67 valence electrons. The molecule has 0 fully saturated rings. The number of rotatable bonds is 7. The van der Waals surface area contributed by atoms with Gasteiger partial charge in [-0.25, -0.2) is 0 Å². The number of allylic oxidation sites excluding steroid dienone is 5. The fourth-order valence-electron chi connectivity index (χ4n) is 0.962. The van der Waals surface area contributed by atoms with Gasteiger partial charge in [0.05, 0.1) is 0 Å². The predicted molar refractivity (Wildman–Crippen MR) is 55.9 cm³/mol. The van der Waals surface area contributed by atoms with Gasteiger partial charge in [0.2, 0.25) is 0 Å². The highest BCUT2D eigenvalue weighted by atomic mass is 13.9. The van der Waals surface area contributed by atoms with Crippen LogP contribution in [0.1, 0.15) is 39.0 Å². The molecule has 0 bridgehead atoms. The van der Waals surface area contributed by atoms with Crippen molar-refractivity contribution in [2.75, 3.05) is 0 Å². The maximum Gasteiger partial charge on any atom is -0.0166 e. The van der Waals surface area contributed by atoms with Gasteiger partial charge in [0.1, 0.15) is 0 Å². The standard InChI is InChI=1S/C12H19/c1-3-5-7-9-11-12-10-8-6-4-2/h1,3,5,7,11-12H,4,6,8-10H2,2H3/b3-1?,7-5+,12-11+. The Balaban J connectivity index is 3.14. The molecule has 12 heavy (non-hydrogen) atoms. The van der Waals surface area contributed by atoms with E-state index in [0.29, 0.717) is 0 Å². The van der Waals surface area contributed by atoms with E-state index in [1.807, 2.05) is 6.08 Å². The summed E-state index contributed by atoms with van der Waals surface area (Å²) in [6.07, 6.45) is 16.1. The Morgan fingerprint density at radius 1 is 1.08 bits per heavy atom. The molecule has 0 spiro atoms. The average molecular weight is 163 g/mol. The highest BCUT2D eigenvalue weighted by Crippen LogP contribution is 2.00. The molecule has 0 rings (SSSR count). The van der Waals surface area contributed by atoms with Gasteiger partial charge >= 0.3 is 0 Å². The predicted octanol–water partition coefficient (Wildman–Crippen LogP) is 4.06. The van der Waals surface area contributed by atoms with Crippen LogP contribution in [0.15, 0.2) is 30.4 Å². The number of hydrogen-bond donors (Lipinski definition) is 0. The third-order valence-electron chi connectivity index (χ3n) is 1.66. The van der Waals surface area contributed by atoms with Gasteiger partial charge in [-0.1, -0.05) is 56.7 Å². The van der Waals surface area contributed by atoms with Gasteiger partial charge in [-0.15, -0.1) is 0 Å². The molecular weight excluding hydrogens is 144 g/mol. The molecular formula is C12H19. The van der Waals surface area contributed by atoms with Crippen molar-refractivity contribution in [3.05, 3.63) is 37.0 Å². The highest BCUT2D eigenvalue weighted by molar-refractivity contribution is 4.99. The lowest BCUT2D eigenvalue weighted by molar-refractivity contribution is 0.728. The number of hydrogen-bond acceptors (Lipinski definition) is 0. The molecule has 0 atom stereocenters. The molecule has 0 heterocycles. The molecule has 0 aliphatic carbocycles. The van der Waals surface area contributed by atoms with Crippen molar-refractivity contribution in [2.24, 2.45) is 0 Å². The maximum absolute atomic E-state index is 5.17. The monoisotopic (exact) mass is 163 g/mol. The lowest BCUT2D eigenvalue weighted by atomic mass is 10.2. The normalized spacial score (nSPS) is 11.4. The summed E-state index contributed by atoms with van der Waals surface area (Å²) in [5, 5.41) is 0. The molecule has 0 unspecified atom stereocenters. The minimum atomic E-state index is 1.000. The summed E-state index contributed by atoms with van der Waals surface area (Å²) in [6.45, 7) is 7.40. The minimum Gasteiger partial charge on any atom is -0.0882 e. The van der Waals surface area contributed by atoms with Gasteiger partial charge in [-0.2, -0.15) is 0 Å². The molecule has 1 radical (unpaired) electrons. The van der Waals surface area contributed by atoms with E-state index in [1.165, 1.54) is 25.7 Å². The second-order valence-corrected chi connectivity index (χ2v) is 2.82. The zero-order valence-corrected chi connectivity index (χ0v) is 8.00. The summed E-state index contributed by atoms with van der Waals surface area (Å²) >= 11 is 0. The zero-order valence-electron chi connectivity index (χ0n) is 8.00. The van der Waals surface area contributed by atoms with E-state index in [4.69, 9.17) is 6.58 Å². The second kappa shape index (κ2) is 10.2.